The lowest BCUT2D eigenvalue weighted by molar-refractivity contribution is -0.155. The van der Waals surface area contributed by atoms with Gasteiger partial charge >= 0.3 is 5.97 Å². The molecule has 0 saturated carbocycles. The van der Waals surface area contributed by atoms with Gasteiger partial charge in [-0.1, -0.05) is 23.6 Å². The summed E-state index contributed by atoms with van der Waals surface area (Å²) in [4.78, 5) is 18.1. The number of sulfone groups is 1. The molecule has 0 fully saturated rings. The summed E-state index contributed by atoms with van der Waals surface area (Å²) < 4.78 is 60.2. The van der Waals surface area contributed by atoms with Crippen LogP contribution in [0, 0.1) is 23.5 Å². The number of hydrogen-bond donors (Lipinski definition) is 1. The smallest absolute Gasteiger partial charge is 0.306 e. The first kappa shape index (κ1) is 35.0. The maximum absolute atomic E-state index is 14.3. The zero-order chi connectivity index (χ0) is 34.2. The van der Waals surface area contributed by atoms with Gasteiger partial charge in [-0.2, -0.15) is 5.10 Å². The zero-order valence-corrected chi connectivity index (χ0v) is 28.3. The highest BCUT2D eigenvalue weighted by Crippen LogP contribution is 2.40. The Balaban J connectivity index is 2.01. The first-order valence-corrected chi connectivity index (χ1v) is 16.9. The van der Waals surface area contributed by atoms with E-state index in [0.717, 1.165) is 12.3 Å². The topological polar surface area (TPSA) is 111 Å². The second kappa shape index (κ2) is 13.1. The fraction of sp³-hybridized carbons (Fsp3) is 0.382. The number of nitrogens with zero attached hydrogens (tertiary/aromatic N) is 3. The second-order valence-corrected chi connectivity index (χ2v) is 15.4. The Morgan fingerprint density at radius 1 is 1.07 bits per heavy atom. The molecule has 0 amide bonds. The Morgan fingerprint density at radius 3 is 2.28 bits per heavy atom. The normalized spacial score (nSPS) is 12.9. The van der Waals surface area contributed by atoms with Crippen LogP contribution in [-0.2, 0) is 38.6 Å². The van der Waals surface area contributed by atoms with Gasteiger partial charge in [0.15, 0.2) is 9.84 Å². The van der Waals surface area contributed by atoms with E-state index in [2.05, 4.69) is 16.9 Å². The summed E-state index contributed by atoms with van der Waals surface area (Å²) in [7, 11) is -1.80. The van der Waals surface area contributed by atoms with Gasteiger partial charge in [0, 0.05) is 41.8 Å². The Kier molecular flexibility index (Phi) is 9.97. The lowest BCUT2D eigenvalue weighted by Crippen LogP contribution is -2.25. The summed E-state index contributed by atoms with van der Waals surface area (Å²) in [5, 5.41) is 15.4. The van der Waals surface area contributed by atoms with E-state index in [-0.39, 0.29) is 30.0 Å². The molecule has 0 unspecified atom stereocenters. The second-order valence-electron chi connectivity index (χ2n) is 12.9. The first-order valence-electron chi connectivity index (χ1n) is 14.4. The van der Waals surface area contributed by atoms with Crippen molar-refractivity contribution in [1.29, 1.82) is 0 Å². The molecule has 0 aliphatic heterocycles. The van der Waals surface area contributed by atoms with Crippen molar-refractivity contribution in [3.05, 3.63) is 81.8 Å². The van der Waals surface area contributed by atoms with Crippen LogP contribution in [-0.4, -0.2) is 51.7 Å². The molecule has 0 aliphatic rings. The maximum atomic E-state index is 14.3. The maximum Gasteiger partial charge on any atom is 0.306 e. The van der Waals surface area contributed by atoms with E-state index in [0.29, 0.717) is 38.3 Å². The number of aliphatic hydroxyl groups is 1. The standard InChI is InChI=1S/C34H36ClF2N3O5S/c1-33(2,3)45-29(41)17-21(14-20-15-22(36)18-23(37)16-20)31-25(9-8-24(38-31)12-13-34(4,5)42)26-10-11-27(35)30-28(19-46(7,43)44)39-40(6)32(26)30/h8-11,15-16,18,21,42H,14,17,19H2,1-7H3/t21-/m1/s1. The SMILES string of the molecule is Cn1nc(CS(C)(=O)=O)c2c(Cl)ccc(-c3ccc(C#CC(C)(C)O)nc3[C@@H](CC(=O)OC(C)(C)C)Cc3cc(F)cc(F)c3)c21. The Labute approximate surface area is 272 Å². The van der Waals surface area contributed by atoms with Gasteiger partial charge < -0.3 is 9.84 Å². The number of aryl methyl sites for hydroxylation is 1. The molecule has 8 nitrogen and oxygen atoms in total. The van der Waals surface area contributed by atoms with Gasteiger partial charge in [0.25, 0.3) is 0 Å². The third kappa shape index (κ3) is 9.12. The number of rotatable bonds is 8. The highest BCUT2D eigenvalue weighted by Gasteiger charge is 2.28. The van der Waals surface area contributed by atoms with Crippen molar-refractivity contribution in [2.24, 2.45) is 7.05 Å². The molecule has 4 aromatic rings. The molecule has 2 aromatic heterocycles. The van der Waals surface area contributed by atoms with Crippen LogP contribution in [0.3, 0.4) is 0 Å². The van der Waals surface area contributed by atoms with Crippen LogP contribution in [0.1, 0.15) is 69.6 Å². The molecular weight excluding hydrogens is 636 g/mol. The molecule has 46 heavy (non-hydrogen) atoms. The molecular formula is C34H36ClF2N3O5S. The molecule has 0 radical (unpaired) electrons. The number of esters is 1. The minimum Gasteiger partial charge on any atom is -0.460 e. The lowest BCUT2D eigenvalue weighted by atomic mass is 9.87. The van der Waals surface area contributed by atoms with Crippen molar-refractivity contribution in [3.63, 3.8) is 0 Å². The van der Waals surface area contributed by atoms with Crippen LogP contribution < -0.4 is 0 Å². The largest absolute Gasteiger partial charge is 0.460 e. The van der Waals surface area contributed by atoms with Gasteiger partial charge in [-0.05, 0) is 82.9 Å². The van der Waals surface area contributed by atoms with E-state index in [1.165, 1.54) is 30.7 Å². The number of carbonyl (C=O) groups is 1. The van der Waals surface area contributed by atoms with E-state index in [1.807, 2.05) is 0 Å². The van der Waals surface area contributed by atoms with Crippen molar-refractivity contribution < 1.29 is 31.8 Å². The average Bonchev–Trinajstić information content (AvgIpc) is 3.20. The van der Waals surface area contributed by atoms with E-state index < -0.39 is 44.6 Å². The van der Waals surface area contributed by atoms with Crippen LogP contribution in [0.4, 0.5) is 8.78 Å². The molecule has 0 saturated heterocycles. The minimum absolute atomic E-state index is 0.0117. The molecule has 244 valence electrons. The molecule has 12 heteroatoms. The predicted octanol–water partition coefficient (Wildman–Crippen LogP) is 6.29. The quantitative estimate of drug-likeness (QED) is 0.173. The van der Waals surface area contributed by atoms with Gasteiger partial charge in [0.05, 0.1) is 34.1 Å². The molecule has 1 atom stereocenters. The highest BCUT2D eigenvalue weighted by molar-refractivity contribution is 7.89. The summed E-state index contributed by atoms with van der Waals surface area (Å²) in [5.41, 5.74) is 0.753. The van der Waals surface area contributed by atoms with Crippen LogP contribution in [0.15, 0.2) is 42.5 Å². The number of halogens is 3. The fourth-order valence-electron chi connectivity index (χ4n) is 5.19. The Hall–Kier alpha value is -3.85. The van der Waals surface area contributed by atoms with Crippen molar-refractivity contribution in [2.45, 2.75) is 70.3 Å². The number of benzene rings is 2. The number of carbonyl (C=O) groups excluding carboxylic acids is 1. The van der Waals surface area contributed by atoms with E-state index in [4.69, 9.17) is 21.3 Å². The number of aromatic nitrogens is 3. The van der Waals surface area contributed by atoms with Crippen LogP contribution in [0.25, 0.3) is 22.0 Å². The van der Waals surface area contributed by atoms with E-state index >= 15 is 0 Å². The lowest BCUT2D eigenvalue weighted by Gasteiger charge is -2.24. The van der Waals surface area contributed by atoms with Crippen LogP contribution >= 0.6 is 11.6 Å². The number of fused-ring (bicyclic) bond motifs is 1. The number of pyridine rings is 1. The third-order valence-corrected chi connectivity index (χ3v) is 7.86. The summed E-state index contributed by atoms with van der Waals surface area (Å²) >= 11 is 6.60. The third-order valence-electron chi connectivity index (χ3n) is 6.74. The molecule has 1 N–H and O–H groups in total. The monoisotopic (exact) mass is 671 g/mol. The van der Waals surface area contributed by atoms with Gasteiger partial charge in [0.1, 0.15) is 28.5 Å². The van der Waals surface area contributed by atoms with Crippen LogP contribution in [0.2, 0.25) is 5.02 Å². The van der Waals surface area contributed by atoms with E-state index in [1.54, 1.807) is 52.1 Å². The Bertz CT molecular complexity index is 1960. The minimum atomic E-state index is -3.46. The molecule has 4 rings (SSSR count). The first-order chi connectivity index (χ1) is 21.2. The molecule has 2 aromatic carbocycles. The molecule has 2 heterocycles. The van der Waals surface area contributed by atoms with Crippen molar-refractivity contribution >= 4 is 38.3 Å². The van der Waals surface area contributed by atoms with Gasteiger partial charge in [-0.15, -0.1) is 0 Å². The summed E-state index contributed by atoms with van der Waals surface area (Å²) in [6.45, 7) is 8.26. The van der Waals surface area contributed by atoms with Gasteiger partial charge in [0.2, 0.25) is 0 Å². The Morgan fingerprint density at radius 2 is 1.70 bits per heavy atom. The van der Waals surface area contributed by atoms with E-state index in [9.17, 15) is 27.1 Å². The fourth-order valence-corrected chi connectivity index (χ4v) is 6.15. The van der Waals surface area contributed by atoms with Crippen molar-refractivity contribution in [3.8, 4) is 23.0 Å². The van der Waals surface area contributed by atoms with Gasteiger partial charge in [-0.3, -0.25) is 9.48 Å². The highest BCUT2D eigenvalue weighted by atomic mass is 35.5. The van der Waals surface area contributed by atoms with Crippen molar-refractivity contribution in [1.82, 2.24) is 14.8 Å². The number of ether oxygens (including phenoxy) is 1. The zero-order valence-electron chi connectivity index (χ0n) is 26.7. The molecule has 0 spiro atoms. The number of hydrogen-bond acceptors (Lipinski definition) is 7. The van der Waals surface area contributed by atoms with Crippen molar-refractivity contribution in [2.75, 3.05) is 6.26 Å². The summed E-state index contributed by atoms with van der Waals surface area (Å²) in [5.74, 6) is 2.42. The molecule has 0 aliphatic carbocycles. The van der Waals surface area contributed by atoms with Gasteiger partial charge in [-0.25, -0.2) is 22.2 Å². The average molecular weight is 672 g/mol. The summed E-state index contributed by atoms with van der Waals surface area (Å²) in [6, 6.07) is 9.93. The summed E-state index contributed by atoms with van der Waals surface area (Å²) in [6.07, 6.45) is 0.925. The van der Waals surface area contributed by atoms with Crippen LogP contribution in [0.5, 0.6) is 0 Å². The predicted molar refractivity (Wildman–Crippen MR) is 174 cm³/mol. The molecule has 0 bridgehead atoms.